The summed E-state index contributed by atoms with van der Waals surface area (Å²) in [4.78, 5) is 0. The van der Waals surface area contributed by atoms with Gasteiger partial charge in [0.25, 0.3) is 0 Å². The topological polar surface area (TPSA) is 0 Å². The molecule has 2 heteroatoms. The van der Waals surface area contributed by atoms with Crippen LogP contribution in [-0.4, -0.2) is 6.67 Å². The second-order valence-electron chi connectivity index (χ2n) is 11.9. The van der Waals surface area contributed by atoms with Gasteiger partial charge < -0.3 is 0 Å². The third kappa shape index (κ3) is 7.90. The summed E-state index contributed by atoms with van der Waals surface area (Å²) < 4.78 is 26.8. The van der Waals surface area contributed by atoms with Crippen LogP contribution in [0, 0.1) is 29.5 Å². The Balaban J connectivity index is 1.17. The van der Waals surface area contributed by atoms with Crippen molar-refractivity contribution in [2.24, 2.45) is 23.7 Å². The number of benzene rings is 2. The molecule has 0 nitrogen and oxygen atoms in total. The van der Waals surface area contributed by atoms with Gasteiger partial charge in [0, 0.05) is 0 Å². The van der Waals surface area contributed by atoms with Crippen molar-refractivity contribution < 1.29 is 8.78 Å². The predicted octanol–water partition coefficient (Wildman–Crippen LogP) is 10.5. The van der Waals surface area contributed by atoms with Gasteiger partial charge in [-0.2, -0.15) is 0 Å². The van der Waals surface area contributed by atoms with E-state index in [4.69, 9.17) is 0 Å². The largest absolute Gasteiger partial charge is 0.251 e. The minimum atomic E-state index is -0.399. The zero-order chi connectivity index (χ0) is 25.2. The van der Waals surface area contributed by atoms with Gasteiger partial charge >= 0.3 is 0 Å². The lowest BCUT2D eigenvalue weighted by Gasteiger charge is -2.38. The molecule has 0 spiro atoms. The Bertz CT molecular complexity index is 886. The third-order valence-corrected chi connectivity index (χ3v) is 9.43. The minimum absolute atomic E-state index is 0.222. The van der Waals surface area contributed by atoms with Gasteiger partial charge in [-0.05, 0) is 103 Å². The maximum Gasteiger partial charge on any atom is 0.127 e. The van der Waals surface area contributed by atoms with Crippen LogP contribution >= 0.6 is 0 Å². The quantitative estimate of drug-likeness (QED) is 0.257. The van der Waals surface area contributed by atoms with Gasteiger partial charge in [0.2, 0.25) is 0 Å². The molecule has 2 aromatic carbocycles. The smallest absolute Gasteiger partial charge is 0.127 e. The van der Waals surface area contributed by atoms with Crippen molar-refractivity contribution in [3.63, 3.8) is 0 Å². The molecule has 0 bridgehead atoms. The van der Waals surface area contributed by atoms with Gasteiger partial charge in [0.1, 0.15) is 5.82 Å². The molecule has 0 aromatic heterocycles. The third-order valence-electron chi connectivity index (χ3n) is 9.43. The number of halogens is 2. The molecule has 0 radical (unpaired) electrons. The average Bonchev–Trinajstić information content (AvgIpc) is 2.92. The number of alkyl halides is 1. The SMILES string of the molecule is CCCCC[C@H]1CC[C@H]([C@H]2CC[C@H](CCc3ccc(-c4ccc(CCCF)c(F)c4)cc3)CC2)CC1. The molecule has 0 saturated heterocycles. The van der Waals surface area contributed by atoms with Crippen LogP contribution in [0.4, 0.5) is 8.78 Å². The van der Waals surface area contributed by atoms with Crippen molar-refractivity contribution in [1.29, 1.82) is 0 Å². The first kappa shape index (κ1) is 27.3. The second-order valence-corrected chi connectivity index (χ2v) is 11.9. The van der Waals surface area contributed by atoms with E-state index in [-0.39, 0.29) is 5.82 Å². The van der Waals surface area contributed by atoms with Gasteiger partial charge in [0.15, 0.2) is 0 Å². The summed E-state index contributed by atoms with van der Waals surface area (Å²) in [7, 11) is 0. The lowest BCUT2D eigenvalue weighted by atomic mass is 9.68. The van der Waals surface area contributed by atoms with E-state index in [0.717, 1.165) is 41.2 Å². The fourth-order valence-corrected chi connectivity index (χ4v) is 7.00. The summed E-state index contributed by atoms with van der Waals surface area (Å²) in [6, 6.07) is 14.1. The molecule has 0 amide bonds. The van der Waals surface area contributed by atoms with Crippen molar-refractivity contribution in [3.05, 3.63) is 59.4 Å². The highest BCUT2D eigenvalue weighted by Gasteiger charge is 2.30. The number of unbranched alkanes of at least 4 members (excludes halogenated alkanes) is 2. The summed E-state index contributed by atoms with van der Waals surface area (Å²) in [6.07, 6.45) is 20.8. The van der Waals surface area contributed by atoms with E-state index in [1.54, 1.807) is 6.07 Å². The number of aryl methyl sites for hydroxylation is 2. The van der Waals surface area contributed by atoms with Crippen LogP contribution in [-0.2, 0) is 12.8 Å². The van der Waals surface area contributed by atoms with E-state index in [9.17, 15) is 8.78 Å². The standard InChI is InChI=1S/C34H48F2/c1-2-3-4-6-26-10-16-29(17-11-26)30-18-12-27(13-19-30)8-9-28-14-20-31(21-15-28)33-23-22-32(7-5-24-35)34(36)25-33/h14-15,20-23,25-27,29-30H,2-13,16-19,24H2,1H3/t26-,27-,29-,30-. The molecule has 0 atom stereocenters. The molecule has 2 aliphatic rings. The Labute approximate surface area is 219 Å². The Morgan fingerprint density at radius 3 is 1.86 bits per heavy atom. The maximum absolute atomic E-state index is 14.4. The highest BCUT2D eigenvalue weighted by atomic mass is 19.1. The summed E-state index contributed by atoms with van der Waals surface area (Å²) in [5.41, 5.74) is 3.95. The summed E-state index contributed by atoms with van der Waals surface area (Å²) in [5.74, 6) is 3.71. The summed E-state index contributed by atoms with van der Waals surface area (Å²) in [5, 5.41) is 0. The number of rotatable bonds is 12. The van der Waals surface area contributed by atoms with E-state index in [1.165, 1.54) is 89.0 Å². The van der Waals surface area contributed by atoms with Crippen LogP contribution in [0.3, 0.4) is 0 Å². The van der Waals surface area contributed by atoms with Crippen molar-refractivity contribution >= 4 is 0 Å². The van der Waals surface area contributed by atoms with Crippen LogP contribution in [0.5, 0.6) is 0 Å². The minimum Gasteiger partial charge on any atom is -0.251 e. The molecule has 0 heterocycles. The Morgan fingerprint density at radius 2 is 1.28 bits per heavy atom. The zero-order valence-electron chi connectivity index (χ0n) is 22.6. The molecule has 4 rings (SSSR count). The fourth-order valence-electron chi connectivity index (χ4n) is 7.00. The maximum atomic E-state index is 14.4. The molecule has 2 saturated carbocycles. The van der Waals surface area contributed by atoms with E-state index in [2.05, 4.69) is 31.2 Å². The monoisotopic (exact) mass is 494 g/mol. The lowest BCUT2D eigenvalue weighted by molar-refractivity contribution is 0.140. The molecule has 0 aliphatic heterocycles. The molecule has 2 aromatic rings. The van der Waals surface area contributed by atoms with Crippen LogP contribution in [0.1, 0.15) is 108 Å². The van der Waals surface area contributed by atoms with Gasteiger partial charge in [-0.25, -0.2) is 4.39 Å². The number of hydrogen-bond donors (Lipinski definition) is 0. The first-order valence-electron chi connectivity index (χ1n) is 15.1. The average molecular weight is 495 g/mol. The first-order chi connectivity index (χ1) is 17.7. The zero-order valence-corrected chi connectivity index (χ0v) is 22.6. The molecular formula is C34H48F2. The highest BCUT2D eigenvalue weighted by molar-refractivity contribution is 5.64. The van der Waals surface area contributed by atoms with Crippen LogP contribution in [0.25, 0.3) is 11.1 Å². The normalized spacial score (nSPS) is 24.6. The Hall–Kier alpha value is -1.70. The van der Waals surface area contributed by atoms with E-state index in [0.29, 0.717) is 18.4 Å². The van der Waals surface area contributed by atoms with Gasteiger partial charge in [-0.3, -0.25) is 4.39 Å². The van der Waals surface area contributed by atoms with E-state index >= 15 is 0 Å². The van der Waals surface area contributed by atoms with Gasteiger partial charge in [-0.1, -0.05) is 94.7 Å². The molecule has 0 unspecified atom stereocenters. The molecule has 198 valence electrons. The molecule has 2 aliphatic carbocycles. The van der Waals surface area contributed by atoms with Crippen LogP contribution in [0.2, 0.25) is 0 Å². The summed E-state index contributed by atoms with van der Waals surface area (Å²) in [6.45, 7) is 1.91. The van der Waals surface area contributed by atoms with E-state index in [1.807, 2.05) is 12.1 Å². The van der Waals surface area contributed by atoms with E-state index < -0.39 is 6.67 Å². The Morgan fingerprint density at radius 1 is 0.667 bits per heavy atom. The molecule has 36 heavy (non-hydrogen) atoms. The van der Waals surface area contributed by atoms with Gasteiger partial charge in [0.05, 0.1) is 6.67 Å². The fraction of sp³-hybridized carbons (Fsp3) is 0.647. The molecule has 2 fully saturated rings. The molecule has 0 N–H and O–H groups in total. The highest BCUT2D eigenvalue weighted by Crippen LogP contribution is 2.43. The Kier molecular flexibility index (Phi) is 10.9. The van der Waals surface area contributed by atoms with Crippen molar-refractivity contribution in [3.8, 4) is 11.1 Å². The number of hydrogen-bond acceptors (Lipinski definition) is 0. The van der Waals surface area contributed by atoms with Crippen molar-refractivity contribution in [1.82, 2.24) is 0 Å². The predicted molar refractivity (Wildman–Crippen MR) is 149 cm³/mol. The summed E-state index contributed by atoms with van der Waals surface area (Å²) >= 11 is 0. The van der Waals surface area contributed by atoms with Crippen LogP contribution < -0.4 is 0 Å². The van der Waals surface area contributed by atoms with Crippen molar-refractivity contribution in [2.75, 3.05) is 6.67 Å². The van der Waals surface area contributed by atoms with Gasteiger partial charge in [-0.15, -0.1) is 0 Å². The molecular weight excluding hydrogens is 446 g/mol. The van der Waals surface area contributed by atoms with Crippen molar-refractivity contribution in [2.45, 2.75) is 110 Å². The first-order valence-corrected chi connectivity index (χ1v) is 15.1. The lowest BCUT2D eigenvalue weighted by Crippen LogP contribution is -2.26. The second kappa shape index (κ2) is 14.3. The van der Waals surface area contributed by atoms with Crippen LogP contribution in [0.15, 0.2) is 42.5 Å².